The van der Waals surface area contributed by atoms with E-state index >= 15 is 0 Å². The Morgan fingerprint density at radius 3 is 2.81 bits per heavy atom. The van der Waals surface area contributed by atoms with Gasteiger partial charge in [-0.3, -0.25) is 4.99 Å². The number of nitrogens with one attached hydrogen (secondary N) is 1. The van der Waals surface area contributed by atoms with E-state index in [1.807, 2.05) is 13.1 Å². The van der Waals surface area contributed by atoms with Crippen molar-refractivity contribution >= 4 is 11.6 Å². The van der Waals surface area contributed by atoms with Crippen LogP contribution in [0.1, 0.15) is 38.5 Å². The van der Waals surface area contributed by atoms with E-state index in [0.717, 1.165) is 67.4 Å². The Kier molecular flexibility index (Phi) is 5.78. The summed E-state index contributed by atoms with van der Waals surface area (Å²) in [6.07, 6.45) is 8.11. The van der Waals surface area contributed by atoms with Crippen LogP contribution in [-0.2, 0) is 4.74 Å². The van der Waals surface area contributed by atoms with Crippen molar-refractivity contribution in [3.63, 3.8) is 0 Å². The number of rotatable bonds is 1. The van der Waals surface area contributed by atoms with Crippen LogP contribution in [0.15, 0.2) is 46.2 Å². The summed E-state index contributed by atoms with van der Waals surface area (Å²) in [6.45, 7) is 9.73. The first-order valence-electron chi connectivity index (χ1n) is 7.72. The zero-order chi connectivity index (χ0) is 15.1. The molecule has 0 atom stereocenters. The molecule has 0 aliphatic carbocycles. The summed E-state index contributed by atoms with van der Waals surface area (Å²) >= 11 is 0. The summed E-state index contributed by atoms with van der Waals surface area (Å²) in [6, 6.07) is 0. The van der Waals surface area contributed by atoms with Crippen LogP contribution in [0.2, 0.25) is 0 Å². The monoisotopic (exact) mass is 287 g/mol. The minimum atomic E-state index is 0.752. The smallest absolute Gasteiger partial charge is 0.188 e. The quantitative estimate of drug-likeness (QED) is 0.803. The van der Waals surface area contributed by atoms with Crippen molar-refractivity contribution in [1.29, 1.82) is 0 Å². The van der Waals surface area contributed by atoms with E-state index in [9.17, 15) is 0 Å². The van der Waals surface area contributed by atoms with Gasteiger partial charge in [0.15, 0.2) is 5.90 Å². The van der Waals surface area contributed by atoms with Gasteiger partial charge in [-0.05, 0) is 12.8 Å². The first-order valence-corrected chi connectivity index (χ1v) is 7.72. The summed E-state index contributed by atoms with van der Waals surface area (Å²) in [5.41, 5.74) is 3.64. The second-order valence-electron chi connectivity index (χ2n) is 5.31. The highest BCUT2D eigenvalue weighted by Gasteiger charge is 2.20. The van der Waals surface area contributed by atoms with Gasteiger partial charge in [0.2, 0.25) is 0 Å². The molecular formula is C17H25N3O. The lowest BCUT2D eigenvalue weighted by molar-refractivity contribution is 0.283. The molecule has 0 radical (unpaired) electrons. The van der Waals surface area contributed by atoms with Crippen molar-refractivity contribution < 1.29 is 4.74 Å². The van der Waals surface area contributed by atoms with E-state index in [2.05, 4.69) is 28.5 Å². The minimum Gasteiger partial charge on any atom is -0.481 e. The Labute approximate surface area is 127 Å². The average molecular weight is 287 g/mol. The Bertz CT molecular complexity index is 500. The molecule has 114 valence electrons. The third-order valence-electron chi connectivity index (χ3n) is 3.82. The highest BCUT2D eigenvalue weighted by molar-refractivity contribution is 6.07. The molecule has 4 nitrogen and oxygen atoms in total. The van der Waals surface area contributed by atoms with Crippen LogP contribution >= 0.6 is 0 Å². The fraction of sp³-hybridized carbons (Fsp3) is 0.529. The van der Waals surface area contributed by atoms with Gasteiger partial charge in [0.1, 0.15) is 0 Å². The van der Waals surface area contributed by atoms with Crippen LogP contribution < -0.4 is 5.32 Å². The highest BCUT2D eigenvalue weighted by Crippen LogP contribution is 2.23. The maximum absolute atomic E-state index is 5.82. The number of nitrogens with zero attached hydrogens (tertiary/aromatic N) is 2. The predicted octanol–water partition coefficient (Wildman–Crippen LogP) is 3.38. The van der Waals surface area contributed by atoms with Crippen molar-refractivity contribution in [3.8, 4) is 0 Å². The summed E-state index contributed by atoms with van der Waals surface area (Å²) in [4.78, 5) is 9.04. The van der Waals surface area contributed by atoms with Gasteiger partial charge in [-0.2, -0.15) is 0 Å². The summed E-state index contributed by atoms with van der Waals surface area (Å²) in [5, 5.41) is 3.38. The molecule has 0 aromatic rings. The number of fused-ring (bicyclic) bond motifs is 1. The molecule has 0 spiro atoms. The molecule has 0 saturated carbocycles. The molecule has 0 saturated heterocycles. The van der Waals surface area contributed by atoms with Crippen molar-refractivity contribution in [2.75, 3.05) is 20.2 Å². The summed E-state index contributed by atoms with van der Waals surface area (Å²) in [7, 11) is 1.81. The summed E-state index contributed by atoms with van der Waals surface area (Å²) in [5.74, 6) is 0.809. The first-order chi connectivity index (χ1) is 10.3. The van der Waals surface area contributed by atoms with Gasteiger partial charge in [0, 0.05) is 37.7 Å². The van der Waals surface area contributed by atoms with E-state index in [1.54, 1.807) is 0 Å². The van der Waals surface area contributed by atoms with Crippen LogP contribution in [0.25, 0.3) is 0 Å². The van der Waals surface area contributed by atoms with Crippen LogP contribution in [0.3, 0.4) is 0 Å². The molecule has 4 heteroatoms. The number of hydrogen-bond donors (Lipinski definition) is 1. The number of hydrogen-bond acceptors (Lipinski definition) is 4. The van der Waals surface area contributed by atoms with Crippen LogP contribution in [0.5, 0.6) is 0 Å². The van der Waals surface area contributed by atoms with E-state index in [-0.39, 0.29) is 0 Å². The normalized spacial score (nSPS) is 26.6. The molecule has 0 unspecified atom stereocenters. The summed E-state index contributed by atoms with van der Waals surface area (Å²) < 4.78 is 5.82. The molecule has 2 aliphatic heterocycles. The Morgan fingerprint density at radius 2 is 2.05 bits per heavy atom. The third kappa shape index (κ3) is 4.06. The van der Waals surface area contributed by atoms with Gasteiger partial charge in [0.05, 0.1) is 18.0 Å². The fourth-order valence-electron chi connectivity index (χ4n) is 2.59. The molecule has 0 amide bonds. The maximum Gasteiger partial charge on any atom is 0.188 e. The van der Waals surface area contributed by atoms with Gasteiger partial charge >= 0.3 is 0 Å². The van der Waals surface area contributed by atoms with Gasteiger partial charge in [-0.15, -0.1) is 0 Å². The topological polar surface area (TPSA) is 46.0 Å². The highest BCUT2D eigenvalue weighted by atomic mass is 16.5. The zero-order valence-corrected chi connectivity index (χ0v) is 13.0. The number of allylic oxidation sites excluding steroid dienone is 2. The molecule has 0 aromatic heterocycles. The first kappa shape index (κ1) is 15.5. The predicted molar refractivity (Wildman–Crippen MR) is 88.8 cm³/mol. The van der Waals surface area contributed by atoms with Crippen molar-refractivity contribution in [3.05, 3.63) is 36.2 Å². The average Bonchev–Trinajstić information content (AvgIpc) is 2.51. The van der Waals surface area contributed by atoms with Crippen molar-refractivity contribution in [1.82, 2.24) is 5.32 Å². The zero-order valence-electron chi connectivity index (χ0n) is 13.0. The molecule has 2 bridgehead atoms. The Balaban J connectivity index is 2.37. The second-order valence-corrected chi connectivity index (χ2v) is 5.31. The van der Waals surface area contributed by atoms with Gasteiger partial charge in [0.25, 0.3) is 0 Å². The minimum absolute atomic E-state index is 0.752. The van der Waals surface area contributed by atoms with Crippen LogP contribution in [0, 0.1) is 0 Å². The largest absolute Gasteiger partial charge is 0.481 e. The fourth-order valence-corrected chi connectivity index (χ4v) is 2.59. The number of aliphatic imine (C=N–C) groups is 2. The molecule has 2 rings (SSSR count). The maximum atomic E-state index is 5.82. The van der Waals surface area contributed by atoms with E-state index in [1.165, 1.54) is 12.8 Å². The molecule has 21 heavy (non-hydrogen) atoms. The Hall–Kier alpha value is -1.84. The van der Waals surface area contributed by atoms with E-state index in [4.69, 9.17) is 4.74 Å². The standard InChI is InChI=1S/C17H25N3O/c1-4-14-13(2)19-11-7-5-6-8-12-21-16-10-9-15(18-3)17(14)20-16/h4,19H,1-2,5-12H2,3H3/b17-14-,18-15?. The Morgan fingerprint density at radius 1 is 1.24 bits per heavy atom. The molecule has 2 aliphatic rings. The SMILES string of the molecule is C=C/C1=C2/N=C(CCC2=NC)OCCCCCCNC1=C. The van der Waals surface area contributed by atoms with Gasteiger partial charge in [-0.1, -0.05) is 32.1 Å². The van der Waals surface area contributed by atoms with E-state index < -0.39 is 0 Å². The van der Waals surface area contributed by atoms with Crippen molar-refractivity contribution in [2.45, 2.75) is 38.5 Å². The molecular weight excluding hydrogens is 262 g/mol. The lowest BCUT2D eigenvalue weighted by Crippen LogP contribution is -2.21. The van der Waals surface area contributed by atoms with Crippen LogP contribution in [0.4, 0.5) is 0 Å². The van der Waals surface area contributed by atoms with Gasteiger partial charge < -0.3 is 10.1 Å². The van der Waals surface area contributed by atoms with Gasteiger partial charge in [-0.25, -0.2) is 4.99 Å². The van der Waals surface area contributed by atoms with Crippen LogP contribution in [-0.4, -0.2) is 31.8 Å². The van der Waals surface area contributed by atoms with Crippen molar-refractivity contribution in [2.24, 2.45) is 9.98 Å². The molecule has 1 N–H and O–H groups in total. The lowest BCUT2D eigenvalue weighted by atomic mass is 10.0. The van der Waals surface area contributed by atoms with E-state index in [0.29, 0.717) is 0 Å². The third-order valence-corrected chi connectivity index (χ3v) is 3.82. The lowest BCUT2D eigenvalue weighted by Gasteiger charge is -2.20. The number of ether oxygens (including phenoxy) is 1. The molecule has 0 fully saturated rings. The molecule has 0 aromatic carbocycles. The second kappa shape index (κ2) is 7.81. The molecule has 2 heterocycles.